The third-order valence-corrected chi connectivity index (χ3v) is 5.34. The van der Waals surface area contributed by atoms with Gasteiger partial charge >= 0.3 is 0 Å². The molecule has 0 atom stereocenters. The van der Waals surface area contributed by atoms with Crippen molar-refractivity contribution in [2.45, 2.75) is 6.92 Å². The lowest BCUT2D eigenvalue weighted by atomic mass is 10.1. The molecule has 0 saturated heterocycles. The van der Waals surface area contributed by atoms with Crippen LogP contribution in [-0.4, -0.2) is 9.97 Å². The van der Waals surface area contributed by atoms with Crippen molar-refractivity contribution in [1.82, 2.24) is 9.97 Å². The van der Waals surface area contributed by atoms with E-state index in [0.29, 0.717) is 0 Å². The van der Waals surface area contributed by atoms with Crippen LogP contribution in [-0.2, 0) is 0 Å². The maximum absolute atomic E-state index is 4.58. The summed E-state index contributed by atoms with van der Waals surface area (Å²) in [6.07, 6.45) is 3.98. The van der Waals surface area contributed by atoms with Gasteiger partial charge in [-0.2, -0.15) is 4.40 Å². The molecule has 0 unspecified atom stereocenters. The van der Waals surface area contributed by atoms with Crippen LogP contribution in [0.5, 0.6) is 0 Å². The Bertz CT molecular complexity index is 1430. The molecule has 122 valence electrons. The summed E-state index contributed by atoms with van der Waals surface area (Å²) in [6.45, 7) is 2.06. The second-order valence-electron chi connectivity index (χ2n) is 6.93. The molecular formula is C23H16N3+. The first-order valence-corrected chi connectivity index (χ1v) is 8.83. The molecule has 0 fully saturated rings. The molecule has 6 rings (SSSR count). The van der Waals surface area contributed by atoms with Gasteiger partial charge in [0.05, 0.1) is 17.3 Å². The third kappa shape index (κ3) is 1.67. The topological polar surface area (TPSA) is 32.8 Å². The van der Waals surface area contributed by atoms with Crippen molar-refractivity contribution in [1.29, 1.82) is 0 Å². The first kappa shape index (κ1) is 13.8. The number of hydrogen-bond acceptors (Lipinski definition) is 1. The van der Waals surface area contributed by atoms with Gasteiger partial charge in [-0.25, -0.2) is 4.98 Å². The van der Waals surface area contributed by atoms with Crippen LogP contribution in [0.15, 0.2) is 73.1 Å². The molecule has 6 aromatic rings. The number of aromatic amines is 1. The highest BCUT2D eigenvalue weighted by Gasteiger charge is 2.23. The summed E-state index contributed by atoms with van der Waals surface area (Å²) in [5.74, 6) is 0. The number of pyridine rings is 2. The van der Waals surface area contributed by atoms with Crippen LogP contribution in [0.25, 0.3) is 49.5 Å². The van der Waals surface area contributed by atoms with Crippen LogP contribution in [0.3, 0.4) is 0 Å². The Hall–Kier alpha value is -3.46. The van der Waals surface area contributed by atoms with Gasteiger partial charge in [0.25, 0.3) is 5.65 Å². The molecule has 2 aromatic carbocycles. The average Bonchev–Trinajstić information content (AvgIpc) is 3.20. The van der Waals surface area contributed by atoms with Crippen LogP contribution >= 0.6 is 0 Å². The molecule has 0 spiro atoms. The zero-order valence-corrected chi connectivity index (χ0v) is 14.3. The molecule has 0 amide bonds. The van der Waals surface area contributed by atoms with Crippen LogP contribution in [0, 0.1) is 6.92 Å². The van der Waals surface area contributed by atoms with E-state index < -0.39 is 0 Å². The Morgan fingerprint density at radius 1 is 0.846 bits per heavy atom. The molecule has 0 radical (unpaired) electrons. The molecule has 0 saturated carbocycles. The second-order valence-corrected chi connectivity index (χ2v) is 6.93. The highest BCUT2D eigenvalue weighted by molar-refractivity contribution is 6.17. The number of nitrogens with zero attached hydrogens (tertiary/aromatic N) is 2. The third-order valence-electron chi connectivity index (χ3n) is 5.34. The van der Waals surface area contributed by atoms with Crippen LogP contribution in [0.4, 0.5) is 0 Å². The number of rotatable bonds is 1. The summed E-state index contributed by atoms with van der Waals surface area (Å²) >= 11 is 0. The van der Waals surface area contributed by atoms with Gasteiger partial charge in [0.2, 0.25) is 0 Å². The second kappa shape index (κ2) is 4.79. The lowest BCUT2D eigenvalue weighted by Gasteiger charge is -2.00. The van der Waals surface area contributed by atoms with E-state index >= 15 is 0 Å². The Morgan fingerprint density at radius 2 is 1.65 bits per heavy atom. The molecule has 0 bridgehead atoms. The average molecular weight is 334 g/mol. The maximum atomic E-state index is 4.58. The van der Waals surface area contributed by atoms with E-state index in [1.807, 2.05) is 6.20 Å². The number of nitrogens with one attached hydrogen (secondary N) is 1. The first-order chi connectivity index (χ1) is 12.8. The zero-order valence-electron chi connectivity index (χ0n) is 14.3. The van der Waals surface area contributed by atoms with Gasteiger partial charge in [-0.1, -0.05) is 24.3 Å². The van der Waals surface area contributed by atoms with Gasteiger partial charge in [-0.3, -0.25) is 4.98 Å². The predicted octanol–water partition coefficient (Wildman–Crippen LogP) is 5.02. The monoisotopic (exact) mass is 334 g/mol. The smallest absolute Gasteiger partial charge is 0.256 e. The van der Waals surface area contributed by atoms with Crippen molar-refractivity contribution in [3.8, 4) is 11.3 Å². The summed E-state index contributed by atoms with van der Waals surface area (Å²) in [5.41, 5.74) is 6.93. The highest BCUT2D eigenvalue weighted by Crippen LogP contribution is 2.34. The van der Waals surface area contributed by atoms with Crippen molar-refractivity contribution in [3.05, 3.63) is 78.6 Å². The fourth-order valence-electron chi connectivity index (χ4n) is 4.13. The number of benzene rings is 2. The maximum Gasteiger partial charge on any atom is 0.292 e. The molecule has 0 aliphatic rings. The van der Waals surface area contributed by atoms with Gasteiger partial charge in [-0.05, 0) is 48.9 Å². The summed E-state index contributed by atoms with van der Waals surface area (Å²) < 4.78 is 2.35. The van der Waals surface area contributed by atoms with Crippen molar-refractivity contribution < 1.29 is 4.40 Å². The standard InChI is InChI=1S/C23H15N3/c1-14-9-10-20(24-12-14)15-11-19-18-7-4-6-17-16-5-2-3-8-21(16)26(22(17)18)23(19)25-13-15/h2-13H,1H3/p+1. The lowest BCUT2D eigenvalue weighted by molar-refractivity contribution is -0.446. The molecule has 3 nitrogen and oxygen atoms in total. The quantitative estimate of drug-likeness (QED) is 0.421. The minimum atomic E-state index is 0.989. The van der Waals surface area contributed by atoms with Crippen LogP contribution in [0.2, 0.25) is 0 Å². The summed E-state index contributed by atoms with van der Waals surface area (Å²) in [6, 6.07) is 21.6. The number of fused-ring (bicyclic) bond motifs is 6. The normalized spacial score (nSPS) is 12.0. The molecule has 3 heteroatoms. The molecule has 4 aromatic heterocycles. The van der Waals surface area contributed by atoms with Crippen LogP contribution < -0.4 is 4.40 Å². The van der Waals surface area contributed by atoms with Crippen molar-refractivity contribution in [2.24, 2.45) is 0 Å². The number of aromatic nitrogens is 3. The van der Waals surface area contributed by atoms with E-state index in [1.54, 1.807) is 0 Å². The van der Waals surface area contributed by atoms with E-state index in [1.165, 1.54) is 38.1 Å². The van der Waals surface area contributed by atoms with E-state index in [0.717, 1.165) is 16.9 Å². The molecule has 26 heavy (non-hydrogen) atoms. The largest absolute Gasteiger partial charge is 0.292 e. The van der Waals surface area contributed by atoms with E-state index in [4.69, 9.17) is 0 Å². The number of hydrogen-bond donors (Lipinski definition) is 1. The lowest BCUT2D eigenvalue weighted by Crippen LogP contribution is -2.17. The van der Waals surface area contributed by atoms with Gasteiger partial charge in [0, 0.05) is 27.9 Å². The predicted molar refractivity (Wildman–Crippen MR) is 106 cm³/mol. The Kier molecular flexibility index (Phi) is 2.54. The summed E-state index contributed by atoms with van der Waals surface area (Å²) in [4.78, 5) is 8.12. The SMILES string of the molecule is Cc1ccc(-c2c[nH]c3c(c2)c2cccc4c5ccccc5[n+]3c42)nc1. The number of aryl methyl sites for hydroxylation is 1. The fraction of sp³-hybridized carbons (Fsp3) is 0.0435. The molecule has 0 aliphatic carbocycles. The molecule has 0 aliphatic heterocycles. The summed E-state index contributed by atoms with van der Waals surface area (Å²) in [7, 11) is 0. The summed E-state index contributed by atoms with van der Waals surface area (Å²) in [5, 5.41) is 5.11. The van der Waals surface area contributed by atoms with Crippen molar-refractivity contribution in [2.75, 3.05) is 0 Å². The minimum Gasteiger partial charge on any atom is -0.256 e. The number of H-pyrrole nitrogens is 1. The molecule has 4 heterocycles. The fourth-order valence-corrected chi connectivity index (χ4v) is 4.13. The van der Waals surface area contributed by atoms with Crippen molar-refractivity contribution in [3.63, 3.8) is 0 Å². The van der Waals surface area contributed by atoms with Crippen molar-refractivity contribution >= 4 is 38.2 Å². The van der Waals surface area contributed by atoms with E-state index in [9.17, 15) is 0 Å². The van der Waals surface area contributed by atoms with E-state index in [2.05, 4.69) is 88.2 Å². The van der Waals surface area contributed by atoms with Gasteiger partial charge in [-0.15, -0.1) is 0 Å². The number of para-hydroxylation sites is 2. The minimum absolute atomic E-state index is 0.989. The molecular weight excluding hydrogens is 318 g/mol. The Morgan fingerprint density at radius 3 is 2.50 bits per heavy atom. The van der Waals surface area contributed by atoms with E-state index in [-0.39, 0.29) is 0 Å². The zero-order chi connectivity index (χ0) is 17.3. The highest BCUT2D eigenvalue weighted by atomic mass is 15.0. The van der Waals surface area contributed by atoms with Crippen LogP contribution in [0.1, 0.15) is 5.56 Å². The van der Waals surface area contributed by atoms with Gasteiger partial charge in [0.15, 0.2) is 0 Å². The van der Waals surface area contributed by atoms with Gasteiger partial charge in [0.1, 0.15) is 11.0 Å². The Balaban J connectivity index is 1.77. The molecule has 1 N–H and O–H groups in total. The van der Waals surface area contributed by atoms with Gasteiger partial charge < -0.3 is 0 Å². The Labute approximate surface area is 149 Å². The first-order valence-electron chi connectivity index (χ1n) is 8.83.